The van der Waals surface area contributed by atoms with E-state index < -0.39 is 0 Å². The first-order valence-electron chi connectivity index (χ1n) is 6.40. The molecule has 19 heavy (non-hydrogen) atoms. The van der Waals surface area contributed by atoms with Crippen LogP contribution < -0.4 is 5.32 Å². The van der Waals surface area contributed by atoms with Crippen LogP contribution in [0.3, 0.4) is 0 Å². The van der Waals surface area contributed by atoms with Crippen molar-refractivity contribution in [3.05, 3.63) is 27.8 Å². The molecule has 1 unspecified atom stereocenters. The Morgan fingerprint density at radius 1 is 1.53 bits per heavy atom. The Hall–Kier alpha value is -1.21. The highest BCUT2D eigenvalue weighted by Crippen LogP contribution is 2.25. The zero-order valence-electron chi connectivity index (χ0n) is 11.4. The van der Waals surface area contributed by atoms with E-state index in [-0.39, 0.29) is 6.04 Å². The summed E-state index contributed by atoms with van der Waals surface area (Å²) in [5, 5.41) is 18.7. The molecule has 0 radical (unpaired) electrons. The van der Waals surface area contributed by atoms with Crippen molar-refractivity contribution in [2.75, 3.05) is 6.54 Å². The van der Waals surface area contributed by atoms with Gasteiger partial charge in [0.05, 0.1) is 33.8 Å². The summed E-state index contributed by atoms with van der Waals surface area (Å²) in [4.78, 5) is 0. The molecule has 2 rings (SSSR count). The van der Waals surface area contributed by atoms with Crippen LogP contribution in [0.15, 0.2) is 10.7 Å². The molecule has 0 aliphatic carbocycles. The second-order valence-corrected chi connectivity index (χ2v) is 5.37. The van der Waals surface area contributed by atoms with Gasteiger partial charge in [-0.1, -0.05) is 6.92 Å². The third-order valence-corrected chi connectivity index (χ3v) is 4.12. The Labute approximate surface area is 121 Å². The summed E-state index contributed by atoms with van der Waals surface area (Å²) in [6, 6.07) is 0.143. The minimum atomic E-state index is 0.143. The van der Waals surface area contributed by atoms with Gasteiger partial charge in [0.25, 0.3) is 0 Å². The Kier molecular flexibility index (Phi) is 4.71. The first-order valence-corrected chi connectivity index (χ1v) is 7.19. The van der Waals surface area contributed by atoms with Crippen LogP contribution in [-0.4, -0.2) is 31.7 Å². The van der Waals surface area contributed by atoms with Crippen molar-refractivity contribution in [1.29, 1.82) is 0 Å². The third-order valence-electron chi connectivity index (χ3n) is 3.09. The van der Waals surface area contributed by atoms with Gasteiger partial charge < -0.3 is 5.32 Å². The number of hydrogen-bond acceptors (Lipinski definition) is 4. The number of rotatable bonds is 6. The normalized spacial score (nSPS) is 12.8. The average Bonchev–Trinajstić information content (AvgIpc) is 2.98. The van der Waals surface area contributed by atoms with E-state index in [2.05, 4.69) is 48.7 Å². The average molecular weight is 327 g/mol. The van der Waals surface area contributed by atoms with E-state index in [0.29, 0.717) is 0 Å². The molecule has 0 spiro atoms. The summed E-state index contributed by atoms with van der Waals surface area (Å²) in [6.07, 6.45) is 3.68. The number of aryl methyl sites for hydroxylation is 2. The molecule has 0 fully saturated rings. The first-order chi connectivity index (χ1) is 9.13. The molecular weight excluding hydrogens is 308 g/mol. The predicted octanol–water partition coefficient (Wildman–Crippen LogP) is 1.89. The predicted molar refractivity (Wildman–Crippen MR) is 76.8 cm³/mol. The van der Waals surface area contributed by atoms with Crippen molar-refractivity contribution in [1.82, 2.24) is 30.5 Å². The maximum Gasteiger partial charge on any atom is 0.0997 e. The summed E-state index contributed by atoms with van der Waals surface area (Å²) in [7, 11) is 1.97. The van der Waals surface area contributed by atoms with Gasteiger partial charge in [-0.05, 0) is 35.8 Å². The highest BCUT2D eigenvalue weighted by molar-refractivity contribution is 9.10. The Bertz CT molecular complexity index is 519. The lowest BCUT2D eigenvalue weighted by Gasteiger charge is -2.16. The van der Waals surface area contributed by atoms with Crippen LogP contribution in [0.1, 0.15) is 36.5 Å². The van der Waals surface area contributed by atoms with Gasteiger partial charge in [0.15, 0.2) is 0 Å². The van der Waals surface area contributed by atoms with Gasteiger partial charge >= 0.3 is 0 Å². The standard InChI is InChI=1S/C12H19BrN6/c1-4-5-14-9(10-7-15-18-16-10)6-11-12(13)8(2)17-19(11)3/h7,9,14H,4-6H2,1-3H3,(H,15,16,18). The summed E-state index contributed by atoms with van der Waals surface area (Å²) in [5.74, 6) is 0. The molecular formula is C12H19BrN6. The second-order valence-electron chi connectivity index (χ2n) is 4.58. The maximum absolute atomic E-state index is 4.42. The Morgan fingerprint density at radius 3 is 2.84 bits per heavy atom. The van der Waals surface area contributed by atoms with Gasteiger partial charge in [-0.3, -0.25) is 4.68 Å². The van der Waals surface area contributed by atoms with E-state index in [4.69, 9.17) is 0 Å². The lowest BCUT2D eigenvalue weighted by atomic mass is 10.1. The topological polar surface area (TPSA) is 71.4 Å². The zero-order valence-corrected chi connectivity index (χ0v) is 13.0. The summed E-state index contributed by atoms with van der Waals surface area (Å²) in [6.45, 7) is 5.10. The Balaban J connectivity index is 2.20. The molecule has 2 aromatic heterocycles. The van der Waals surface area contributed by atoms with E-state index in [1.54, 1.807) is 6.20 Å². The lowest BCUT2D eigenvalue weighted by Crippen LogP contribution is -2.25. The quantitative estimate of drug-likeness (QED) is 0.850. The number of hydrogen-bond donors (Lipinski definition) is 2. The van der Waals surface area contributed by atoms with Crippen molar-refractivity contribution in [3.63, 3.8) is 0 Å². The molecule has 0 saturated heterocycles. The molecule has 2 heterocycles. The molecule has 104 valence electrons. The molecule has 0 saturated carbocycles. The maximum atomic E-state index is 4.42. The van der Waals surface area contributed by atoms with Crippen molar-refractivity contribution >= 4 is 15.9 Å². The van der Waals surface area contributed by atoms with Crippen molar-refractivity contribution in [2.45, 2.75) is 32.7 Å². The molecule has 0 amide bonds. The number of halogens is 1. The van der Waals surface area contributed by atoms with Gasteiger partial charge in [0, 0.05) is 13.5 Å². The van der Waals surface area contributed by atoms with Crippen LogP contribution in [0.4, 0.5) is 0 Å². The van der Waals surface area contributed by atoms with Gasteiger partial charge in [-0.25, -0.2) is 0 Å². The van der Waals surface area contributed by atoms with E-state index in [9.17, 15) is 0 Å². The highest BCUT2D eigenvalue weighted by Gasteiger charge is 2.19. The number of nitrogens with one attached hydrogen (secondary N) is 2. The fourth-order valence-corrected chi connectivity index (χ4v) is 2.57. The van der Waals surface area contributed by atoms with E-state index in [1.165, 1.54) is 0 Å². The van der Waals surface area contributed by atoms with Gasteiger partial charge in [-0.2, -0.15) is 20.5 Å². The molecule has 0 aliphatic heterocycles. The summed E-state index contributed by atoms with van der Waals surface area (Å²) < 4.78 is 2.99. The number of H-pyrrole nitrogens is 1. The minimum absolute atomic E-state index is 0.143. The molecule has 0 aliphatic rings. The van der Waals surface area contributed by atoms with Gasteiger partial charge in [0.1, 0.15) is 0 Å². The van der Waals surface area contributed by atoms with Crippen molar-refractivity contribution in [3.8, 4) is 0 Å². The molecule has 2 aromatic rings. The third kappa shape index (κ3) is 3.22. The molecule has 1 atom stereocenters. The fraction of sp³-hybridized carbons (Fsp3) is 0.583. The molecule has 0 aromatic carbocycles. The smallest absolute Gasteiger partial charge is 0.0997 e. The molecule has 0 bridgehead atoms. The minimum Gasteiger partial charge on any atom is -0.308 e. The lowest BCUT2D eigenvalue weighted by molar-refractivity contribution is 0.500. The first kappa shape index (κ1) is 14.2. The van der Waals surface area contributed by atoms with E-state index in [0.717, 1.165) is 40.9 Å². The van der Waals surface area contributed by atoms with Crippen molar-refractivity contribution < 1.29 is 0 Å². The van der Waals surface area contributed by atoms with Crippen LogP contribution in [0.25, 0.3) is 0 Å². The van der Waals surface area contributed by atoms with Crippen LogP contribution >= 0.6 is 15.9 Å². The fourth-order valence-electron chi connectivity index (χ4n) is 2.07. The number of aromatic amines is 1. The van der Waals surface area contributed by atoms with Gasteiger partial charge in [-0.15, -0.1) is 0 Å². The highest BCUT2D eigenvalue weighted by atomic mass is 79.9. The number of nitrogens with zero attached hydrogens (tertiary/aromatic N) is 4. The monoisotopic (exact) mass is 326 g/mol. The molecule has 6 nitrogen and oxygen atoms in total. The van der Waals surface area contributed by atoms with Crippen LogP contribution in [-0.2, 0) is 13.5 Å². The SMILES string of the molecule is CCCNC(Cc1c(Br)c(C)nn1C)c1cn[nH]n1. The largest absolute Gasteiger partial charge is 0.308 e. The van der Waals surface area contributed by atoms with E-state index in [1.807, 2.05) is 18.7 Å². The Morgan fingerprint density at radius 2 is 2.32 bits per heavy atom. The van der Waals surface area contributed by atoms with Crippen LogP contribution in [0, 0.1) is 6.92 Å². The van der Waals surface area contributed by atoms with Crippen molar-refractivity contribution in [2.24, 2.45) is 7.05 Å². The van der Waals surface area contributed by atoms with Crippen LogP contribution in [0.2, 0.25) is 0 Å². The zero-order chi connectivity index (χ0) is 13.8. The summed E-state index contributed by atoms with van der Waals surface area (Å²) >= 11 is 3.61. The van der Waals surface area contributed by atoms with Crippen LogP contribution in [0.5, 0.6) is 0 Å². The van der Waals surface area contributed by atoms with E-state index >= 15 is 0 Å². The summed E-state index contributed by atoms with van der Waals surface area (Å²) in [5.41, 5.74) is 3.10. The molecule has 2 N–H and O–H groups in total. The second kappa shape index (κ2) is 6.29. The molecule has 7 heteroatoms. The number of aromatic nitrogens is 5. The van der Waals surface area contributed by atoms with Gasteiger partial charge in [0.2, 0.25) is 0 Å².